The van der Waals surface area contributed by atoms with Crippen molar-refractivity contribution in [1.29, 1.82) is 0 Å². The summed E-state index contributed by atoms with van der Waals surface area (Å²) in [4.78, 5) is 0. The fourth-order valence-electron chi connectivity index (χ4n) is 3.78. The quantitative estimate of drug-likeness (QED) is 0.437. The number of halogens is 2. The van der Waals surface area contributed by atoms with Gasteiger partial charge >= 0.3 is 0 Å². The van der Waals surface area contributed by atoms with Gasteiger partial charge in [0.15, 0.2) is 11.5 Å². The van der Waals surface area contributed by atoms with E-state index in [1.54, 1.807) is 0 Å². The summed E-state index contributed by atoms with van der Waals surface area (Å²) < 4.78 is 12.9. The lowest BCUT2D eigenvalue weighted by atomic mass is 9.96. The average Bonchev–Trinajstić information content (AvgIpc) is 2.67. The van der Waals surface area contributed by atoms with E-state index in [4.69, 9.17) is 9.47 Å². The molecule has 0 unspecified atom stereocenters. The molecule has 0 radical (unpaired) electrons. The third-order valence-electron chi connectivity index (χ3n) is 5.30. The molecular formula is C24H33BrClNO2. The SMILES string of the molecule is CCOc1cc(CNC2CCCCCCC2)cc(Br)c1OCc1ccccc1.Cl. The van der Waals surface area contributed by atoms with Gasteiger partial charge in [0.2, 0.25) is 0 Å². The molecule has 1 aliphatic carbocycles. The molecular weight excluding hydrogens is 450 g/mol. The third kappa shape index (κ3) is 7.84. The first-order valence-corrected chi connectivity index (χ1v) is 11.4. The van der Waals surface area contributed by atoms with Crippen molar-refractivity contribution in [3.05, 3.63) is 58.1 Å². The van der Waals surface area contributed by atoms with Gasteiger partial charge < -0.3 is 14.8 Å². The largest absolute Gasteiger partial charge is 0.490 e. The monoisotopic (exact) mass is 481 g/mol. The molecule has 0 aliphatic heterocycles. The molecule has 160 valence electrons. The maximum atomic E-state index is 6.09. The van der Waals surface area contributed by atoms with E-state index in [0.29, 0.717) is 19.3 Å². The lowest BCUT2D eigenvalue weighted by Gasteiger charge is -2.22. The van der Waals surface area contributed by atoms with Crippen molar-refractivity contribution in [3.8, 4) is 11.5 Å². The van der Waals surface area contributed by atoms with E-state index in [1.165, 1.54) is 50.5 Å². The second-order valence-electron chi connectivity index (χ2n) is 7.54. The first kappa shape index (κ1) is 24.0. The fourth-order valence-corrected chi connectivity index (χ4v) is 4.38. The number of rotatable bonds is 8. The topological polar surface area (TPSA) is 30.5 Å². The second kappa shape index (κ2) is 13.1. The second-order valence-corrected chi connectivity index (χ2v) is 8.39. The summed E-state index contributed by atoms with van der Waals surface area (Å²) in [5, 5.41) is 3.76. The smallest absolute Gasteiger partial charge is 0.175 e. The minimum atomic E-state index is 0. The summed E-state index contributed by atoms with van der Waals surface area (Å²) in [6.45, 7) is 4.02. The van der Waals surface area contributed by atoms with Gasteiger partial charge in [0.1, 0.15) is 6.61 Å². The van der Waals surface area contributed by atoms with Gasteiger partial charge in [0.25, 0.3) is 0 Å². The molecule has 5 heteroatoms. The lowest BCUT2D eigenvalue weighted by molar-refractivity contribution is 0.267. The summed E-state index contributed by atoms with van der Waals surface area (Å²) in [7, 11) is 0. The molecule has 0 heterocycles. The van der Waals surface area contributed by atoms with Crippen molar-refractivity contribution in [2.75, 3.05) is 6.61 Å². The van der Waals surface area contributed by atoms with Crippen LogP contribution in [0.1, 0.15) is 63.0 Å². The molecule has 0 amide bonds. The van der Waals surface area contributed by atoms with Crippen molar-refractivity contribution in [3.63, 3.8) is 0 Å². The van der Waals surface area contributed by atoms with Crippen LogP contribution in [0.5, 0.6) is 11.5 Å². The summed E-state index contributed by atoms with van der Waals surface area (Å²) in [5.41, 5.74) is 2.37. The van der Waals surface area contributed by atoms with Gasteiger partial charge in [0, 0.05) is 12.6 Å². The standard InChI is InChI=1S/C24H32BrNO2.ClH/c1-2-27-23-16-20(17-26-21-13-9-4-3-5-10-14-21)15-22(25)24(23)28-18-19-11-7-6-8-12-19;/h6-8,11-12,15-16,21,26H,2-5,9-10,13-14,17-18H2,1H3;1H. The lowest BCUT2D eigenvalue weighted by Crippen LogP contribution is -2.29. The molecule has 1 fully saturated rings. The zero-order chi connectivity index (χ0) is 19.6. The van der Waals surface area contributed by atoms with Crippen LogP contribution in [0.4, 0.5) is 0 Å². The Balaban J connectivity index is 0.00000300. The molecule has 0 bridgehead atoms. The minimum absolute atomic E-state index is 0. The Morgan fingerprint density at radius 1 is 0.931 bits per heavy atom. The van der Waals surface area contributed by atoms with Crippen LogP contribution < -0.4 is 14.8 Å². The van der Waals surface area contributed by atoms with E-state index in [2.05, 4.69) is 45.5 Å². The minimum Gasteiger partial charge on any atom is -0.490 e. The van der Waals surface area contributed by atoms with Crippen LogP contribution in [-0.4, -0.2) is 12.6 Å². The predicted molar refractivity (Wildman–Crippen MR) is 126 cm³/mol. The van der Waals surface area contributed by atoms with Crippen LogP contribution >= 0.6 is 28.3 Å². The predicted octanol–water partition coefficient (Wildman–Crippen LogP) is 7.05. The van der Waals surface area contributed by atoms with Crippen molar-refractivity contribution in [2.24, 2.45) is 0 Å². The van der Waals surface area contributed by atoms with E-state index in [-0.39, 0.29) is 12.4 Å². The highest BCUT2D eigenvalue weighted by Gasteiger charge is 2.15. The van der Waals surface area contributed by atoms with E-state index >= 15 is 0 Å². The first-order valence-electron chi connectivity index (χ1n) is 10.6. The molecule has 3 nitrogen and oxygen atoms in total. The van der Waals surface area contributed by atoms with Crippen LogP contribution in [-0.2, 0) is 13.2 Å². The number of hydrogen-bond acceptors (Lipinski definition) is 3. The zero-order valence-corrected chi connectivity index (χ0v) is 19.7. The Morgan fingerprint density at radius 2 is 1.62 bits per heavy atom. The summed E-state index contributed by atoms with van der Waals surface area (Å²) in [6, 6.07) is 15.1. The van der Waals surface area contributed by atoms with Crippen molar-refractivity contribution in [1.82, 2.24) is 5.32 Å². The van der Waals surface area contributed by atoms with Gasteiger partial charge in [0.05, 0.1) is 11.1 Å². The summed E-state index contributed by atoms with van der Waals surface area (Å²) in [6.07, 6.45) is 9.43. The molecule has 3 rings (SSSR count). The molecule has 0 atom stereocenters. The van der Waals surface area contributed by atoms with E-state index in [1.807, 2.05) is 25.1 Å². The molecule has 29 heavy (non-hydrogen) atoms. The highest BCUT2D eigenvalue weighted by molar-refractivity contribution is 9.10. The van der Waals surface area contributed by atoms with Crippen LogP contribution in [0.3, 0.4) is 0 Å². The number of nitrogens with one attached hydrogen (secondary N) is 1. The van der Waals surface area contributed by atoms with Crippen LogP contribution in [0.2, 0.25) is 0 Å². The Morgan fingerprint density at radius 3 is 2.31 bits per heavy atom. The van der Waals surface area contributed by atoms with Gasteiger partial charge in [-0.2, -0.15) is 0 Å². The van der Waals surface area contributed by atoms with Crippen molar-refractivity contribution < 1.29 is 9.47 Å². The maximum Gasteiger partial charge on any atom is 0.175 e. The average molecular weight is 483 g/mol. The van der Waals surface area contributed by atoms with Gasteiger partial charge in [-0.05, 0) is 59.0 Å². The van der Waals surface area contributed by atoms with Gasteiger partial charge in [-0.15, -0.1) is 12.4 Å². The Kier molecular flexibility index (Phi) is 10.9. The first-order chi connectivity index (χ1) is 13.8. The highest BCUT2D eigenvalue weighted by atomic mass is 79.9. The highest BCUT2D eigenvalue weighted by Crippen LogP contribution is 2.37. The van der Waals surface area contributed by atoms with E-state index < -0.39 is 0 Å². The molecule has 0 saturated heterocycles. The molecule has 0 spiro atoms. The van der Waals surface area contributed by atoms with Crippen LogP contribution in [0.15, 0.2) is 46.9 Å². The normalized spacial score (nSPS) is 15.1. The number of ether oxygens (including phenoxy) is 2. The fraction of sp³-hybridized carbons (Fsp3) is 0.500. The molecule has 2 aromatic carbocycles. The Labute approximate surface area is 190 Å². The Hall–Kier alpha value is -1.23. The van der Waals surface area contributed by atoms with Gasteiger partial charge in [-0.3, -0.25) is 0 Å². The number of benzene rings is 2. The molecule has 1 aliphatic rings. The third-order valence-corrected chi connectivity index (χ3v) is 5.88. The van der Waals surface area contributed by atoms with Gasteiger partial charge in [-0.25, -0.2) is 0 Å². The maximum absolute atomic E-state index is 6.09. The molecule has 1 N–H and O–H groups in total. The van der Waals surface area contributed by atoms with Crippen LogP contribution in [0.25, 0.3) is 0 Å². The van der Waals surface area contributed by atoms with Crippen LogP contribution in [0, 0.1) is 0 Å². The summed E-state index contributed by atoms with van der Waals surface area (Å²) in [5.74, 6) is 1.59. The van der Waals surface area contributed by atoms with Gasteiger partial charge in [-0.1, -0.05) is 62.4 Å². The zero-order valence-electron chi connectivity index (χ0n) is 17.3. The number of hydrogen-bond donors (Lipinski definition) is 1. The van der Waals surface area contributed by atoms with E-state index in [0.717, 1.165) is 28.1 Å². The Bertz CT molecular complexity index is 718. The van der Waals surface area contributed by atoms with Crippen molar-refractivity contribution >= 4 is 28.3 Å². The molecule has 0 aromatic heterocycles. The van der Waals surface area contributed by atoms with Crippen molar-refractivity contribution in [2.45, 2.75) is 71.1 Å². The molecule has 1 saturated carbocycles. The molecule has 2 aromatic rings. The van der Waals surface area contributed by atoms with E-state index in [9.17, 15) is 0 Å². The summed E-state index contributed by atoms with van der Waals surface area (Å²) >= 11 is 3.70.